The molecule has 1 aromatic rings. The van der Waals surface area contributed by atoms with Crippen LogP contribution in [0.5, 0.6) is 11.5 Å². The van der Waals surface area contributed by atoms with Crippen LogP contribution in [0.15, 0.2) is 18.2 Å². The van der Waals surface area contributed by atoms with E-state index in [1.807, 2.05) is 0 Å². The fraction of sp³-hybridized carbons (Fsp3) is 0.429. The molecule has 110 valence electrons. The Bertz CT molecular complexity index is 486. The van der Waals surface area contributed by atoms with Crippen molar-refractivity contribution < 1.29 is 24.2 Å². The molecular weight excluding hydrogens is 262 g/mol. The van der Waals surface area contributed by atoms with E-state index in [1.165, 1.54) is 19.1 Å². The number of hydrogen-bond acceptors (Lipinski definition) is 4. The number of benzene rings is 1. The van der Waals surface area contributed by atoms with Gasteiger partial charge in [0.2, 0.25) is 0 Å². The van der Waals surface area contributed by atoms with Crippen LogP contribution in [-0.2, 0) is 4.79 Å². The Morgan fingerprint density at radius 3 is 2.50 bits per heavy atom. The second-order valence-electron chi connectivity index (χ2n) is 4.27. The summed E-state index contributed by atoms with van der Waals surface area (Å²) in [4.78, 5) is 24.2. The lowest BCUT2D eigenvalue weighted by Gasteiger charge is -2.19. The van der Waals surface area contributed by atoms with Crippen molar-refractivity contribution in [3.8, 4) is 11.5 Å². The van der Waals surface area contributed by atoms with Gasteiger partial charge < -0.3 is 19.5 Å². The maximum absolute atomic E-state index is 12.3. The van der Waals surface area contributed by atoms with E-state index >= 15 is 0 Å². The summed E-state index contributed by atoms with van der Waals surface area (Å²) >= 11 is 0. The van der Waals surface area contributed by atoms with E-state index < -0.39 is 5.97 Å². The Labute approximate surface area is 117 Å². The van der Waals surface area contributed by atoms with E-state index in [2.05, 4.69) is 0 Å². The van der Waals surface area contributed by atoms with Crippen LogP contribution in [0.25, 0.3) is 0 Å². The predicted octanol–water partition coefficient (Wildman–Crippen LogP) is 1.64. The summed E-state index contributed by atoms with van der Waals surface area (Å²) in [5, 5.41) is 8.59. The molecule has 0 atom stereocenters. The summed E-state index contributed by atoms with van der Waals surface area (Å²) in [5.74, 6) is -0.238. The third kappa shape index (κ3) is 3.88. The van der Waals surface area contributed by atoms with Crippen LogP contribution in [0.2, 0.25) is 0 Å². The van der Waals surface area contributed by atoms with Gasteiger partial charge in [-0.3, -0.25) is 9.59 Å². The molecule has 0 saturated heterocycles. The standard InChI is InChI=1S/C14H19NO5/c1-15(9-5-8-12(16)17)14(18)10-6-4-7-11(19-2)13(10)20-3/h4,6-7H,5,8-9H2,1-3H3,(H,16,17). The lowest BCUT2D eigenvalue weighted by molar-refractivity contribution is -0.137. The van der Waals surface area contributed by atoms with Crippen LogP contribution < -0.4 is 9.47 Å². The van der Waals surface area contributed by atoms with Gasteiger partial charge in [0.1, 0.15) is 0 Å². The van der Waals surface area contributed by atoms with Gasteiger partial charge in [-0.25, -0.2) is 0 Å². The first-order chi connectivity index (χ1) is 9.51. The Balaban J connectivity index is 2.83. The number of para-hydroxylation sites is 1. The first kappa shape index (κ1) is 15.8. The van der Waals surface area contributed by atoms with E-state index in [-0.39, 0.29) is 12.3 Å². The fourth-order valence-electron chi connectivity index (χ4n) is 1.83. The van der Waals surface area contributed by atoms with Crippen LogP contribution in [0.4, 0.5) is 0 Å². The highest BCUT2D eigenvalue weighted by molar-refractivity contribution is 5.97. The molecule has 1 N–H and O–H groups in total. The van der Waals surface area contributed by atoms with Crippen molar-refractivity contribution >= 4 is 11.9 Å². The molecule has 0 spiro atoms. The van der Waals surface area contributed by atoms with Crippen molar-refractivity contribution in [3.63, 3.8) is 0 Å². The van der Waals surface area contributed by atoms with Crippen LogP contribution in [0, 0.1) is 0 Å². The summed E-state index contributed by atoms with van der Waals surface area (Å²) in [7, 11) is 4.60. The highest BCUT2D eigenvalue weighted by Crippen LogP contribution is 2.31. The number of methoxy groups -OCH3 is 2. The van der Waals surface area contributed by atoms with Gasteiger partial charge in [0.15, 0.2) is 11.5 Å². The Kier molecular flexibility index (Phi) is 5.83. The number of ether oxygens (including phenoxy) is 2. The molecule has 0 radical (unpaired) electrons. The summed E-state index contributed by atoms with van der Waals surface area (Å²) in [5.41, 5.74) is 0.393. The zero-order chi connectivity index (χ0) is 15.1. The van der Waals surface area contributed by atoms with Crippen molar-refractivity contribution in [1.29, 1.82) is 0 Å². The van der Waals surface area contributed by atoms with E-state index in [0.29, 0.717) is 30.0 Å². The van der Waals surface area contributed by atoms with Crippen molar-refractivity contribution in [2.75, 3.05) is 27.8 Å². The zero-order valence-corrected chi connectivity index (χ0v) is 11.9. The zero-order valence-electron chi connectivity index (χ0n) is 11.9. The molecule has 0 unspecified atom stereocenters. The molecule has 1 amide bonds. The lowest BCUT2D eigenvalue weighted by atomic mass is 10.1. The second kappa shape index (κ2) is 7.37. The number of carbonyl (C=O) groups excluding carboxylic acids is 1. The van der Waals surface area contributed by atoms with Crippen LogP contribution >= 0.6 is 0 Å². The number of carboxylic acids is 1. The Morgan fingerprint density at radius 1 is 1.25 bits per heavy atom. The molecule has 0 saturated carbocycles. The number of carbonyl (C=O) groups is 2. The molecule has 0 aliphatic heterocycles. The molecule has 0 aromatic heterocycles. The molecular formula is C14H19NO5. The number of amides is 1. The van der Waals surface area contributed by atoms with Gasteiger partial charge in [-0.05, 0) is 18.6 Å². The van der Waals surface area contributed by atoms with Gasteiger partial charge in [0, 0.05) is 20.0 Å². The quantitative estimate of drug-likeness (QED) is 0.822. The molecule has 6 heteroatoms. The molecule has 0 heterocycles. The van der Waals surface area contributed by atoms with Gasteiger partial charge in [-0.2, -0.15) is 0 Å². The van der Waals surface area contributed by atoms with Gasteiger partial charge >= 0.3 is 5.97 Å². The minimum Gasteiger partial charge on any atom is -0.493 e. The number of hydrogen-bond donors (Lipinski definition) is 1. The Morgan fingerprint density at radius 2 is 1.95 bits per heavy atom. The van der Waals surface area contributed by atoms with Crippen molar-refractivity contribution in [2.24, 2.45) is 0 Å². The van der Waals surface area contributed by atoms with E-state index in [4.69, 9.17) is 14.6 Å². The molecule has 0 aliphatic carbocycles. The number of aliphatic carboxylic acids is 1. The van der Waals surface area contributed by atoms with E-state index in [0.717, 1.165) is 0 Å². The highest BCUT2D eigenvalue weighted by atomic mass is 16.5. The average Bonchev–Trinajstić information content (AvgIpc) is 2.44. The van der Waals surface area contributed by atoms with Gasteiger partial charge in [0.05, 0.1) is 19.8 Å². The number of carboxylic acid groups (broad SMARTS) is 1. The first-order valence-corrected chi connectivity index (χ1v) is 6.19. The largest absolute Gasteiger partial charge is 0.493 e. The van der Waals surface area contributed by atoms with Crippen LogP contribution in [-0.4, -0.2) is 49.7 Å². The average molecular weight is 281 g/mol. The van der Waals surface area contributed by atoms with Crippen LogP contribution in [0.1, 0.15) is 23.2 Å². The van der Waals surface area contributed by atoms with Crippen molar-refractivity contribution in [2.45, 2.75) is 12.8 Å². The van der Waals surface area contributed by atoms with Gasteiger partial charge in [-0.15, -0.1) is 0 Å². The smallest absolute Gasteiger partial charge is 0.303 e. The lowest BCUT2D eigenvalue weighted by Crippen LogP contribution is -2.28. The number of nitrogens with zero attached hydrogens (tertiary/aromatic N) is 1. The molecule has 6 nitrogen and oxygen atoms in total. The Hall–Kier alpha value is -2.24. The highest BCUT2D eigenvalue weighted by Gasteiger charge is 2.19. The van der Waals surface area contributed by atoms with E-state index in [9.17, 15) is 9.59 Å². The minimum atomic E-state index is -0.871. The molecule has 1 aromatic carbocycles. The van der Waals surface area contributed by atoms with E-state index in [1.54, 1.807) is 25.2 Å². The molecule has 0 fully saturated rings. The minimum absolute atomic E-state index is 0.0346. The summed E-state index contributed by atoms with van der Waals surface area (Å²) in [6.45, 7) is 0.367. The maximum Gasteiger partial charge on any atom is 0.303 e. The second-order valence-corrected chi connectivity index (χ2v) is 4.27. The number of rotatable bonds is 7. The van der Waals surface area contributed by atoms with Crippen LogP contribution in [0.3, 0.4) is 0 Å². The summed E-state index contributed by atoms with van der Waals surface area (Å²) in [6.07, 6.45) is 0.441. The van der Waals surface area contributed by atoms with Gasteiger partial charge in [-0.1, -0.05) is 6.07 Å². The molecule has 20 heavy (non-hydrogen) atoms. The SMILES string of the molecule is COc1cccc(C(=O)N(C)CCCC(=O)O)c1OC. The topological polar surface area (TPSA) is 76.1 Å². The van der Waals surface area contributed by atoms with Gasteiger partial charge in [0.25, 0.3) is 5.91 Å². The van der Waals surface area contributed by atoms with Crippen molar-refractivity contribution in [1.82, 2.24) is 4.90 Å². The molecule has 1 rings (SSSR count). The monoisotopic (exact) mass is 281 g/mol. The third-order valence-corrected chi connectivity index (χ3v) is 2.86. The molecule has 0 bridgehead atoms. The first-order valence-electron chi connectivity index (χ1n) is 6.19. The van der Waals surface area contributed by atoms with Crippen molar-refractivity contribution in [3.05, 3.63) is 23.8 Å². The summed E-state index contributed by atoms with van der Waals surface area (Å²) < 4.78 is 10.4. The maximum atomic E-state index is 12.3. The third-order valence-electron chi connectivity index (χ3n) is 2.86. The normalized spacial score (nSPS) is 9.95. The summed E-state index contributed by atoms with van der Waals surface area (Å²) in [6, 6.07) is 5.07. The molecule has 0 aliphatic rings. The predicted molar refractivity (Wildman–Crippen MR) is 73.4 cm³/mol. The fourth-order valence-corrected chi connectivity index (χ4v) is 1.83.